The van der Waals surface area contributed by atoms with Crippen LogP contribution in [0.3, 0.4) is 0 Å². The Labute approximate surface area is 198 Å². The fraction of sp³-hybridized carbons (Fsp3) is 0.381. The smallest absolute Gasteiger partial charge is 0.191 e. The molecule has 0 aliphatic rings. The number of rotatable bonds is 7. The van der Waals surface area contributed by atoms with Gasteiger partial charge in [0.2, 0.25) is 0 Å². The predicted octanol–water partition coefficient (Wildman–Crippen LogP) is 5.57. The third-order valence-corrected chi connectivity index (χ3v) is 6.26. The first-order valence-corrected chi connectivity index (χ1v) is 11.2. The van der Waals surface area contributed by atoms with Crippen LogP contribution in [0.15, 0.2) is 40.7 Å². The fourth-order valence-corrected chi connectivity index (χ4v) is 4.49. The van der Waals surface area contributed by atoms with Gasteiger partial charge in [-0.25, -0.2) is 15.0 Å². The first-order chi connectivity index (χ1) is 13.6. The molecule has 0 aliphatic heterocycles. The molecule has 0 atom stereocenters. The number of hydrogen-bond donors (Lipinski definition) is 2. The molecule has 5 nitrogen and oxygen atoms in total. The zero-order valence-electron chi connectivity index (χ0n) is 17.2. The highest BCUT2D eigenvalue weighted by Crippen LogP contribution is 2.28. The van der Waals surface area contributed by atoms with Crippen LogP contribution in [0.4, 0.5) is 0 Å². The number of aromatic nitrogens is 2. The molecule has 2 heterocycles. The van der Waals surface area contributed by atoms with Gasteiger partial charge in [-0.05, 0) is 19.8 Å². The van der Waals surface area contributed by atoms with Crippen LogP contribution in [-0.2, 0) is 13.1 Å². The molecule has 3 aromatic rings. The number of aryl methyl sites for hydroxylation is 1. The number of guanidine groups is 1. The third kappa shape index (κ3) is 6.75. The molecule has 2 aromatic heterocycles. The molecule has 0 fully saturated rings. The van der Waals surface area contributed by atoms with Gasteiger partial charge in [-0.15, -0.1) is 46.7 Å². The highest BCUT2D eigenvalue weighted by Gasteiger charge is 2.10. The SMILES string of the molecule is CCNC(=NCc1sc(-c2ccccc2)nc1C)NCc1nc(C(C)C)cs1.I. The molecule has 156 valence electrons. The highest BCUT2D eigenvalue weighted by molar-refractivity contribution is 14.0. The first-order valence-electron chi connectivity index (χ1n) is 9.55. The van der Waals surface area contributed by atoms with Gasteiger partial charge in [0.05, 0.1) is 24.5 Å². The summed E-state index contributed by atoms with van der Waals surface area (Å²) in [5, 5.41) is 11.0. The second-order valence-electron chi connectivity index (χ2n) is 6.76. The van der Waals surface area contributed by atoms with Crippen molar-refractivity contribution >= 4 is 52.6 Å². The lowest BCUT2D eigenvalue weighted by molar-refractivity contribution is 0.788. The normalized spacial score (nSPS) is 11.4. The van der Waals surface area contributed by atoms with Gasteiger partial charge < -0.3 is 10.6 Å². The van der Waals surface area contributed by atoms with E-state index in [0.29, 0.717) is 19.0 Å². The van der Waals surface area contributed by atoms with Crippen LogP contribution < -0.4 is 10.6 Å². The van der Waals surface area contributed by atoms with Gasteiger partial charge in [0.25, 0.3) is 0 Å². The second-order valence-corrected chi connectivity index (χ2v) is 8.79. The van der Waals surface area contributed by atoms with Crippen molar-refractivity contribution in [1.29, 1.82) is 0 Å². The van der Waals surface area contributed by atoms with Crippen molar-refractivity contribution in [3.63, 3.8) is 0 Å². The lowest BCUT2D eigenvalue weighted by Gasteiger charge is -2.09. The Balaban J connectivity index is 0.00000300. The van der Waals surface area contributed by atoms with Gasteiger partial charge in [0, 0.05) is 22.4 Å². The van der Waals surface area contributed by atoms with Gasteiger partial charge in [0.15, 0.2) is 5.96 Å². The quantitative estimate of drug-likeness (QED) is 0.233. The van der Waals surface area contributed by atoms with Crippen molar-refractivity contribution < 1.29 is 0 Å². The molecule has 29 heavy (non-hydrogen) atoms. The van der Waals surface area contributed by atoms with Crippen molar-refractivity contribution in [2.45, 2.75) is 46.7 Å². The van der Waals surface area contributed by atoms with E-state index in [0.717, 1.165) is 39.5 Å². The summed E-state index contributed by atoms with van der Waals surface area (Å²) in [5.74, 6) is 1.26. The van der Waals surface area contributed by atoms with Crippen LogP contribution in [0, 0.1) is 6.92 Å². The summed E-state index contributed by atoms with van der Waals surface area (Å²) in [5.41, 5.74) is 3.35. The minimum Gasteiger partial charge on any atom is -0.357 e. The second kappa shape index (κ2) is 11.6. The van der Waals surface area contributed by atoms with Gasteiger partial charge in [0.1, 0.15) is 10.0 Å². The van der Waals surface area contributed by atoms with Crippen LogP contribution in [0.2, 0.25) is 0 Å². The standard InChI is InChI=1S/C21H27N5S2.HI/c1-5-22-21(24-12-19-26-17(13-27-19)14(2)3)23-11-18-15(4)25-20(28-18)16-9-7-6-8-10-16;/h6-10,13-14H,5,11-12H2,1-4H3,(H2,22,23,24);1H. The van der Waals surface area contributed by atoms with E-state index in [-0.39, 0.29) is 24.0 Å². The molecule has 0 bridgehead atoms. The fourth-order valence-electron chi connectivity index (χ4n) is 2.60. The highest BCUT2D eigenvalue weighted by atomic mass is 127. The average Bonchev–Trinajstić information content (AvgIpc) is 3.32. The summed E-state index contributed by atoms with van der Waals surface area (Å²) in [7, 11) is 0. The molecule has 0 saturated heterocycles. The minimum atomic E-state index is 0. The maximum absolute atomic E-state index is 4.75. The number of benzene rings is 1. The van der Waals surface area contributed by atoms with E-state index in [2.05, 4.69) is 60.8 Å². The lowest BCUT2D eigenvalue weighted by atomic mass is 10.2. The molecule has 3 rings (SSSR count). The molecule has 0 unspecified atom stereocenters. The third-order valence-electron chi connectivity index (χ3n) is 4.21. The molecule has 0 radical (unpaired) electrons. The van der Waals surface area contributed by atoms with E-state index in [4.69, 9.17) is 9.98 Å². The maximum Gasteiger partial charge on any atom is 0.191 e. The molecular formula is C21H28IN5S2. The summed E-state index contributed by atoms with van der Waals surface area (Å²) in [6.45, 7) is 10.6. The van der Waals surface area contributed by atoms with E-state index >= 15 is 0 Å². The Kier molecular flexibility index (Phi) is 9.51. The number of thiazole rings is 2. The molecule has 8 heteroatoms. The number of hydrogen-bond acceptors (Lipinski definition) is 5. The van der Waals surface area contributed by atoms with Crippen molar-refractivity contribution in [1.82, 2.24) is 20.6 Å². The topological polar surface area (TPSA) is 62.2 Å². The Morgan fingerprint density at radius 3 is 2.55 bits per heavy atom. The van der Waals surface area contributed by atoms with Crippen LogP contribution in [0.1, 0.15) is 48.0 Å². The number of nitrogens with zero attached hydrogens (tertiary/aromatic N) is 3. The van der Waals surface area contributed by atoms with E-state index in [1.165, 1.54) is 4.88 Å². The Morgan fingerprint density at radius 2 is 1.90 bits per heavy atom. The molecule has 0 aliphatic carbocycles. The summed E-state index contributed by atoms with van der Waals surface area (Å²) < 4.78 is 0. The zero-order valence-corrected chi connectivity index (χ0v) is 21.2. The molecule has 0 spiro atoms. The Hall–Kier alpha value is -1.52. The van der Waals surface area contributed by atoms with Gasteiger partial charge in [-0.3, -0.25) is 0 Å². The molecule has 2 N–H and O–H groups in total. The van der Waals surface area contributed by atoms with Crippen LogP contribution in [0.5, 0.6) is 0 Å². The summed E-state index contributed by atoms with van der Waals surface area (Å²) >= 11 is 3.40. The maximum atomic E-state index is 4.75. The average molecular weight is 542 g/mol. The number of nitrogens with one attached hydrogen (secondary N) is 2. The summed E-state index contributed by atoms with van der Waals surface area (Å²) in [4.78, 5) is 15.3. The predicted molar refractivity (Wildman–Crippen MR) is 136 cm³/mol. The molecule has 1 aromatic carbocycles. The largest absolute Gasteiger partial charge is 0.357 e. The van der Waals surface area contributed by atoms with E-state index in [1.807, 2.05) is 18.2 Å². The summed E-state index contributed by atoms with van der Waals surface area (Å²) in [6.07, 6.45) is 0. The van der Waals surface area contributed by atoms with Gasteiger partial charge >= 0.3 is 0 Å². The van der Waals surface area contributed by atoms with Crippen LogP contribution in [0.25, 0.3) is 10.6 Å². The monoisotopic (exact) mass is 541 g/mol. The van der Waals surface area contributed by atoms with Gasteiger partial charge in [-0.2, -0.15) is 0 Å². The molecule has 0 saturated carbocycles. The van der Waals surface area contributed by atoms with Crippen molar-refractivity contribution in [3.8, 4) is 10.6 Å². The number of halogens is 1. The Morgan fingerprint density at radius 1 is 1.14 bits per heavy atom. The number of aliphatic imine (C=N–C) groups is 1. The summed E-state index contributed by atoms with van der Waals surface area (Å²) in [6, 6.07) is 10.3. The van der Waals surface area contributed by atoms with Gasteiger partial charge in [-0.1, -0.05) is 44.2 Å². The van der Waals surface area contributed by atoms with Crippen molar-refractivity contribution in [3.05, 3.63) is 57.0 Å². The van der Waals surface area contributed by atoms with Crippen molar-refractivity contribution in [2.24, 2.45) is 4.99 Å². The Bertz CT molecular complexity index is 918. The molecular weight excluding hydrogens is 513 g/mol. The van der Waals surface area contributed by atoms with E-state index < -0.39 is 0 Å². The molecule has 0 amide bonds. The minimum absolute atomic E-state index is 0. The first kappa shape index (κ1) is 23.8. The van der Waals surface area contributed by atoms with E-state index in [1.54, 1.807) is 22.7 Å². The van der Waals surface area contributed by atoms with Crippen LogP contribution in [-0.4, -0.2) is 22.5 Å². The zero-order chi connectivity index (χ0) is 19.9. The van der Waals surface area contributed by atoms with E-state index in [9.17, 15) is 0 Å². The van der Waals surface area contributed by atoms with Crippen LogP contribution >= 0.6 is 46.7 Å². The van der Waals surface area contributed by atoms with Crippen molar-refractivity contribution in [2.75, 3.05) is 6.54 Å². The lowest BCUT2D eigenvalue weighted by Crippen LogP contribution is -2.36.